The summed E-state index contributed by atoms with van der Waals surface area (Å²) < 4.78 is 5.18. The zero-order valence-corrected chi connectivity index (χ0v) is 10.6. The average Bonchev–Trinajstić information content (AvgIpc) is 2.72. The molecule has 0 aliphatic carbocycles. The molecule has 0 radical (unpaired) electrons. The molecule has 0 aliphatic rings. The number of benzene rings is 1. The lowest BCUT2D eigenvalue weighted by molar-refractivity contribution is 0.398. The van der Waals surface area contributed by atoms with Gasteiger partial charge in [-0.3, -0.25) is 0 Å². The van der Waals surface area contributed by atoms with E-state index >= 15 is 0 Å². The first kappa shape index (κ1) is 12.2. The molecule has 0 saturated carbocycles. The van der Waals surface area contributed by atoms with Gasteiger partial charge in [-0.15, -0.1) is 0 Å². The van der Waals surface area contributed by atoms with Crippen LogP contribution in [0.2, 0.25) is 0 Å². The van der Waals surface area contributed by atoms with Crippen LogP contribution in [0.15, 0.2) is 27.8 Å². The molecule has 5 heteroatoms. The van der Waals surface area contributed by atoms with Crippen LogP contribution < -0.4 is 0 Å². The van der Waals surface area contributed by atoms with Crippen molar-refractivity contribution in [3.8, 4) is 11.3 Å². The van der Waals surface area contributed by atoms with E-state index in [0.29, 0.717) is 5.76 Å². The van der Waals surface area contributed by atoms with Crippen molar-refractivity contribution in [1.82, 2.24) is 5.16 Å². The Labute approximate surface area is 105 Å². The third kappa shape index (κ3) is 2.21. The smallest absolute Gasteiger partial charge is 0.137 e. The van der Waals surface area contributed by atoms with Gasteiger partial charge in [0.25, 0.3) is 0 Å². The second-order valence-corrected chi connectivity index (χ2v) is 4.25. The highest BCUT2D eigenvalue weighted by molar-refractivity contribution is 5.64. The van der Waals surface area contributed by atoms with E-state index in [1.807, 2.05) is 19.1 Å². The number of rotatable bonds is 3. The van der Waals surface area contributed by atoms with Crippen LogP contribution in [0.3, 0.4) is 0 Å². The Bertz CT molecular complexity index is 624. The van der Waals surface area contributed by atoms with Crippen LogP contribution in [0.25, 0.3) is 21.7 Å². The van der Waals surface area contributed by atoms with Crippen molar-refractivity contribution in [3.05, 3.63) is 51.1 Å². The molecule has 2 aromatic rings. The molecule has 0 amide bonds. The fourth-order valence-electron chi connectivity index (χ4n) is 1.80. The fraction of sp³-hybridized carbons (Fsp3) is 0.308. The number of hydrogen-bond donors (Lipinski definition) is 0. The molecule has 0 unspecified atom stereocenters. The number of nitrogens with zero attached hydrogens (tertiary/aromatic N) is 4. The second kappa shape index (κ2) is 4.94. The highest BCUT2D eigenvalue weighted by Crippen LogP contribution is 2.27. The largest absolute Gasteiger partial charge is 0.361 e. The standard InChI is InChI=1S/C13H14N4O/c1-8-4-5-11(6-9(8)2)13-12(7-15-17-14)10(3)18-16-13/h4-6H,7H2,1-3H3. The highest BCUT2D eigenvalue weighted by atomic mass is 16.5. The first-order valence-electron chi connectivity index (χ1n) is 5.67. The Morgan fingerprint density at radius 1 is 1.28 bits per heavy atom. The van der Waals surface area contributed by atoms with Crippen molar-refractivity contribution in [2.75, 3.05) is 0 Å². The maximum atomic E-state index is 8.41. The molecular weight excluding hydrogens is 228 g/mol. The lowest BCUT2D eigenvalue weighted by atomic mass is 10.0. The predicted molar refractivity (Wildman–Crippen MR) is 69.0 cm³/mol. The summed E-state index contributed by atoms with van der Waals surface area (Å²) in [7, 11) is 0. The van der Waals surface area contributed by atoms with Gasteiger partial charge in [0.2, 0.25) is 0 Å². The highest BCUT2D eigenvalue weighted by Gasteiger charge is 2.14. The molecule has 0 atom stereocenters. The van der Waals surface area contributed by atoms with Crippen LogP contribution in [0.5, 0.6) is 0 Å². The Balaban J connectivity index is 2.49. The summed E-state index contributed by atoms with van der Waals surface area (Å²) in [5.41, 5.74) is 13.4. The fourth-order valence-corrected chi connectivity index (χ4v) is 1.80. The molecule has 0 saturated heterocycles. The van der Waals surface area contributed by atoms with Gasteiger partial charge in [0.05, 0.1) is 6.54 Å². The summed E-state index contributed by atoms with van der Waals surface area (Å²) in [6.07, 6.45) is 0. The lowest BCUT2D eigenvalue weighted by Crippen LogP contribution is -1.89. The monoisotopic (exact) mass is 242 g/mol. The molecule has 0 bridgehead atoms. The number of aromatic nitrogens is 1. The Kier molecular flexibility index (Phi) is 3.35. The summed E-state index contributed by atoms with van der Waals surface area (Å²) >= 11 is 0. The van der Waals surface area contributed by atoms with E-state index in [1.54, 1.807) is 0 Å². The maximum Gasteiger partial charge on any atom is 0.137 e. The third-order valence-corrected chi connectivity index (χ3v) is 3.06. The van der Waals surface area contributed by atoms with Crippen LogP contribution >= 0.6 is 0 Å². The van der Waals surface area contributed by atoms with Crippen LogP contribution in [-0.2, 0) is 6.54 Å². The molecule has 0 fully saturated rings. The molecule has 0 aliphatic heterocycles. The van der Waals surface area contributed by atoms with Gasteiger partial charge in [-0.05, 0) is 43.5 Å². The molecule has 0 spiro atoms. The van der Waals surface area contributed by atoms with Crippen molar-refractivity contribution in [2.45, 2.75) is 27.3 Å². The van der Waals surface area contributed by atoms with Gasteiger partial charge in [0.1, 0.15) is 11.5 Å². The molecule has 2 rings (SSSR count). The summed E-state index contributed by atoms with van der Waals surface area (Å²) in [6, 6.07) is 6.11. The third-order valence-electron chi connectivity index (χ3n) is 3.06. The average molecular weight is 242 g/mol. The van der Waals surface area contributed by atoms with Crippen molar-refractivity contribution in [1.29, 1.82) is 0 Å². The van der Waals surface area contributed by atoms with Gasteiger partial charge in [0.15, 0.2) is 0 Å². The zero-order chi connectivity index (χ0) is 13.1. The Morgan fingerprint density at radius 3 is 2.72 bits per heavy atom. The Hall–Kier alpha value is -2.26. The molecule has 1 aromatic heterocycles. The summed E-state index contributed by atoms with van der Waals surface area (Å²) in [5, 5.41) is 7.63. The van der Waals surface area contributed by atoms with Crippen molar-refractivity contribution < 1.29 is 4.52 Å². The summed E-state index contributed by atoms with van der Waals surface area (Å²) in [4.78, 5) is 2.77. The van der Waals surface area contributed by atoms with E-state index < -0.39 is 0 Å². The molecule has 1 aromatic carbocycles. The van der Waals surface area contributed by atoms with Gasteiger partial charge in [-0.2, -0.15) is 0 Å². The zero-order valence-electron chi connectivity index (χ0n) is 10.6. The van der Waals surface area contributed by atoms with Gasteiger partial charge in [-0.25, -0.2) is 0 Å². The lowest BCUT2D eigenvalue weighted by Gasteiger charge is -2.03. The van der Waals surface area contributed by atoms with Crippen LogP contribution in [-0.4, -0.2) is 5.16 Å². The minimum absolute atomic E-state index is 0.258. The molecule has 92 valence electrons. The summed E-state index contributed by atoms with van der Waals surface area (Å²) in [5.74, 6) is 0.690. The molecule has 1 heterocycles. The first-order valence-corrected chi connectivity index (χ1v) is 5.67. The van der Waals surface area contributed by atoms with Crippen molar-refractivity contribution in [2.24, 2.45) is 5.11 Å². The molecule has 0 N–H and O–H groups in total. The van der Waals surface area contributed by atoms with Gasteiger partial charge in [-0.1, -0.05) is 22.4 Å². The number of aryl methyl sites for hydroxylation is 3. The van der Waals surface area contributed by atoms with E-state index in [4.69, 9.17) is 10.1 Å². The quantitative estimate of drug-likeness (QED) is 0.462. The van der Waals surface area contributed by atoms with Gasteiger partial charge in [0, 0.05) is 16.0 Å². The van der Waals surface area contributed by atoms with E-state index in [2.05, 4.69) is 35.1 Å². The number of hydrogen-bond acceptors (Lipinski definition) is 3. The summed E-state index contributed by atoms with van der Waals surface area (Å²) in [6.45, 7) is 6.20. The van der Waals surface area contributed by atoms with E-state index in [9.17, 15) is 0 Å². The minimum Gasteiger partial charge on any atom is -0.361 e. The normalized spacial score (nSPS) is 10.2. The number of azide groups is 1. The van der Waals surface area contributed by atoms with Crippen LogP contribution in [0.1, 0.15) is 22.5 Å². The van der Waals surface area contributed by atoms with Gasteiger partial charge >= 0.3 is 0 Å². The topological polar surface area (TPSA) is 74.8 Å². The Morgan fingerprint density at radius 2 is 2.06 bits per heavy atom. The van der Waals surface area contributed by atoms with E-state index in [0.717, 1.165) is 16.8 Å². The van der Waals surface area contributed by atoms with Crippen LogP contribution in [0, 0.1) is 20.8 Å². The SMILES string of the molecule is Cc1ccc(-c2noc(C)c2CN=[N+]=[N-])cc1C. The van der Waals surface area contributed by atoms with Gasteiger partial charge < -0.3 is 4.52 Å². The molecule has 5 nitrogen and oxygen atoms in total. The first-order chi connectivity index (χ1) is 8.63. The van der Waals surface area contributed by atoms with E-state index in [-0.39, 0.29) is 6.54 Å². The maximum absolute atomic E-state index is 8.41. The predicted octanol–water partition coefficient (Wildman–Crippen LogP) is 4.08. The molecule has 18 heavy (non-hydrogen) atoms. The van der Waals surface area contributed by atoms with Crippen molar-refractivity contribution >= 4 is 0 Å². The minimum atomic E-state index is 0.258. The van der Waals surface area contributed by atoms with Crippen molar-refractivity contribution in [3.63, 3.8) is 0 Å². The molecular formula is C13H14N4O. The van der Waals surface area contributed by atoms with Crippen LogP contribution in [0.4, 0.5) is 0 Å². The van der Waals surface area contributed by atoms with E-state index in [1.165, 1.54) is 11.1 Å². The second-order valence-electron chi connectivity index (χ2n) is 4.25.